The summed E-state index contributed by atoms with van der Waals surface area (Å²) in [5.41, 5.74) is 5.70. The quantitative estimate of drug-likeness (QED) is 0.151. The zero-order valence-electron chi connectivity index (χ0n) is 31.6. The minimum Gasteiger partial charge on any atom is -0.506 e. The van der Waals surface area contributed by atoms with Crippen molar-refractivity contribution in [2.75, 3.05) is 36.1 Å². The van der Waals surface area contributed by atoms with E-state index in [9.17, 15) is 15.1 Å². The standard InChI is InChI=1S/C23H22N2O2.C13H17NO.C10H7NO2/c1-22(2)18-9-5-6-10-19(18)25(13-14-26)23(22)15-24-21-17-8-4-3-7-16(17)11-12-20(21)27-23;1-10-13(2,3)11-6-4-5-7-12(11)14(10)8-9-15;12-9-6-5-7-3-1-2-4-8(7)10(9)11-13/h3-12,15,26H,13-14H2,1-2H3;4-7,15H,1,8-9H2,2-3H3;1-6,12H. The van der Waals surface area contributed by atoms with Gasteiger partial charge in [-0.15, -0.1) is 4.91 Å². The summed E-state index contributed by atoms with van der Waals surface area (Å²) in [6, 6.07) is 39.4. The van der Waals surface area contributed by atoms with E-state index in [0.717, 1.165) is 39.0 Å². The topological polar surface area (TPSA) is 118 Å². The van der Waals surface area contributed by atoms with Gasteiger partial charge in [-0.25, -0.2) is 0 Å². The number of para-hydroxylation sites is 2. The number of ether oxygens (including phenoxy) is 1. The van der Waals surface area contributed by atoms with Crippen LogP contribution in [0.1, 0.15) is 38.8 Å². The van der Waals surface area contributed by atoms with Crippen LogP contribution in [0, 0.1) is 4.91 Å². The molecule has 0 fully saturated rings. The SMILES string of the molecule is C=C1N(CCO)c2ccccc2C1(C)C.CC1(C)c2ccccc2N(CCO)C12C=Nc1c(ccc3ccccc13)O2.O=Nc1c(O)ccc2ccccc12. The predicted octanol–water partition coefficient (Wildman–Crippen LogP) is 9.65. The summed E-state index contributed by atoms with van der Waals surface area (Å²) in [5, 5.41) is 34.7. The number of phenols is 1. The Labute approximate surface area is 321 Å². The molecule has 0 saturated carbocycles. The molecule has 0 aliphatic carbocycles. The van der Waals surface area contributed by atoms with Crippen LogP contribution in [0.3, 0.4) is 0 Å². The predicted molar refractivity (Wildman–Crippen MR) is 223 cm³/mol. The van der Waals surface area contributed by atoms with E-state index in [0.29, 0.717) is 18.5 Å². The number of aliphatic imine (C=N–C) groups is 1. The molecule has 1 atom stereocenters. The van der Waals surface area contributed by atoms with Gasteiger partial charge in [-0.3, -0.25) is 4.99 Å². The smallest absolute Gasteiger partial charge is 0.228 e. The number of anilines is 2. The number of β-amino-alcohol motifs (C(OH)–C–C–N with tert-alkyl or cyclic N) is 2. The number of aromatic hydroxyl groups is 1. The maximum Gasteiger partial charge on any atom is 0.228 e. The minimum atomic E-state index is -0.769. The third kappa shape index (κ3) is 6.19. The van der Waals surface area contributed by atoms with Crippen molar-refractivity contribution < 1.29 is 20.1 Å². The second kappa shape index (κ2) is 14.7. The Bertz CT molecular complexity index is 2440. The molecule has 6 aromatic carbocycles. The highest BCUT2D eigenvalue weighted by atomic mass is 16.5. The number of benzene rings is 6. The van der Waals surface area contributed by atoms with Crippen molar-refractivity contribution in [3.8, 4) is 11.5 Å². The van der Waals surface area contributed by atoms with E-state index in [1.165, 1.54) is 22.9 Å². The number of hydrogen-bond acceptors (Lipinski definition) is 9. The Morgan fingerprint density at radius 2 is 1.29 bits per heavy atom. The number of hydrogen-bond donors (Lipinski definition) is 3. The first kappa shape index (κ1) is 37.3. The third-order valence-corrected chi connectivity index (χ3v) is 11.2. The van der Waals surface area contributed by atoms with Crippen LogP contribution < -0.4 is 14.5 Å². The Balaban J connectivity index is 0.000000140. The molecule has 0 saturated heterocycles. The van der Waals surface area contributed by atoms with Gasteiger partial charge in [0.15, 0.2) is 5.69 Å². The molecule has 0 aromatic heterocycles. The Hall–Kier alpha value is -6.03. The van der Waals surface area contributed by atoms with Gasteiger partial charge in [-0.2, -0.15) is 0 Å². The second-order valence-electron chi connectivity index (χ2n) is 14.9. The van der Waals surface area contributed by atoms with Crippen LogP contribution in [0.5, 0.6) is 11.5 Å². The molecule has 9 heteroatoms. The molecule has 3 heterocycles. The molecule has 1 spiro atoms. The summed E-state index contributed by atoms with van der Waals surface area (Å²) in [4.78, 5) is 19.6. The van der Waals surface area contributed by atoms with Crippen molar-refractivity contribution in [3.63, 3.8) is 0 Å². The number of nitroso groups, excluding NO2 is 1. The zero-order valence-corrected chi connectivity index (χ0v) is 31.6. The largest absolute Gasteiger partial charge is 0.506 e. The van der Waals surface area contributed by atoms with Crippen molar-refractivity contribution in [1.29, 1.82) is 0 Å². The van der Waals surface area contributed by atoms with Gasteiger partial charge in [0, 0.05) is 46.3 Å². The molecule has 9 nitrogen and oxygen atoms in total. The van der Waals surface area contributed by atoms with Gasteiger partial charge < -0.3 is 29.9 Å². The molecule has 55 heavy (non-hydrogen) atoms. The first-order chi connectivity index (χ1) is 26.5. The number of rotatable bonds is 5. The molecule has 280 valence electrons. The average Bonchev–Trinajstić information content (AvgIpc) is 3.51. The van der Waals surface area contributed by atoms with E-state index in [1.54, 1.807) is 18.2 Å². The molecule has 0 radical (unpaired) electrons. The van der Waals surface area contributed by atoms with Gasteiger partial charge in [0.25, 0.3) is 0 Å². The van der Waals surface area contributed by atoms with Gasteiger partial charge >= 0.3 is 0 Å². The van der Waals surface area contributed by atoms with Crippen molar-refractivity contribution >= 4 is 50.5 Å². The van der Waals surface area contributed by atoms with Crippen LogP contribution in [0.4, 0.5) is 22.7 Å². The number of phenolic OH excluding ortho intramolecular Hbond substituents is 1. The summed E-state index contributed by atoms with van der Waals surface area (Å²) < 4.78 is 6.72. The fourth-order valence-corrected chi connectivity index (χ4v) is 8.11. The highest BCUT2D eigenvalue weighted by Gasteiger charge is 2.59. The minimum absolute atomic E-state index is 0.0221. The lowest BCUT2D eigenvalue weighted by molar-refractivity contribution is 0.0742. The highest BCUT2D eigenvalue weighted by Crippen LogP contribution is 2.54. The van der Waals surface area contributed by atoms with Crippen LogP contribution in [0.25, 0.3) is 21.5 Å². The lowest BCUT2D eigenvalue weighted by Gasteiger charge is -2.46. The lowest BCUT2D eigenvalue weighted by Crippen LogP contribution is -2.62. The second-order valence-corrected chi connectivity index (χ2v) is 14.9. The molecule has 3 aliphatic heterocycles. The number of nitrogens with zero attached hydrogens (tertiary/aromatic N) is 4. The Morgan fingerprint density at radius 1 is 0.709 bits per heavy atom. The van der Waals surface area contributed by atoms with Gasteiger partial charge in [-0.05, 0) is 65.2 Å². The van der Waals surface area contributed by atoms with E-state index in [2.05, 4.69) is 104 Å². The summed E-state index contributed by atoms with van der Waals surface area (Å²) in [6.45, 7) is 14.2. The Kier molecular flexibility index (Phi) is 9.94. The summed E-state index contributed by atoms with van der Waals surface area (Å²) in [7, 11) is 0. The van der Waals surface area contributed by atoms with Crippen LogP contribution in [-0.2, 0) is 10.8 Å². The van der Waals surface area contributed by atoms with Gasteiger partial charge in [0.05, 0.1) is 24.8 Å². The van der Waals surface area contributed by atoms with Crippen molar-refractivity contribution in [2.24, 2.45) is 10.2 Å². The molecule has 6 aromatic rings. The van der Waals surface area contributed by atoms with Crippen molar-refractivity contribution in [1.82, 2.24) is 0 Å². The van der Waals surface area contributed by atoms with Crippen LogP contribution in [0.2, 0.25) is 0 Å². The highest BCUT2D eigenvalue weighted by molar-refractivity contribution is 6.00. The van der Waals surface area contributed by atoms with Crippen LogP contribution in [-0.4, -0.2) is 53.6 Å². The molecule has 0 amide bonds. The molecular weight excluding hydrogens is 689 g/mol. The summed E-state index contributed by atoms with van der Waals surface area (Å²) in [5.74, 6) is 0.703. The van der Waals surface area contributed by atoms with Crippen LogP contribution >= 0.6 is 0 Å². The first-order valence-corrected chi connectivity index (χ1v) is 18.5. The number of aliphatic hydroxyl groups is 2. The molecule has 3 N–H and O–H groups in total. The van der Waals surface area contributed by atoms with E-state index < -0.39 is 5.72 Å². The normalized spacial score (nSPS) is 18.1. The maximum atomic E-state index is 10.4. The van der Waals surface area contributed by atoms with Gasteiger partial charge in [0.2, 0.25) is 5.72 Å². The van der Waals surface area contributed by atoms with E-state index in [-0.39, 0.29) is 35.5 Å². The fourth-order valence-electron chi connectivity index (χ4n) is 8.11. The molecule has 9 rings (SSSR count). The van der Waals surface area contributed by atoms with E-state index in [1.807, 2.05) is 48.7 Å². The van der Waals surface area contributed by atoms with Gasteiger partial charge in [-0.1, -0.05) is 117 Å². The maximum absolute atomic E-state index is 10.4. The zero-order chi connectivity index (χ0) is 39.0. The number of allylic oxidation sites excluding steroid dienone is 1. The molecule has 0 bridgehead atoms. The van der Waals surface area contributed by atoms with Crippen molar-refractivity contribution in [3.05, 3.63) is 150 Å². The fraction of sp³-hybridized carbons (Fsp3) is 0.239. The Morgan fingerprint density at radius 3 is 1.98 bits per heavy atom. The van der Waals surface area contributed by atoms with Crippen LogP contribution in [0.15, 0.2) is 144 Å². The number of fused-ring (bicyclic) bond motifs is 6. The molecule has 1 unspecified atom stereocenters. The van der Waals surface area contributed by atoms with E-state index >= 15 is 0 Å². The lowest BCUT2D eigenvalue weighted by atomic mass is 9.77. The monoisotopic (exact) mass is 734 g/mol. The average molecular weight is 735 g/mol. The van der Waals surface area contributed by atoms with Crippen molar-refractivity contribution in [2.45, 2.75) is 44.2 Å². The van der Waals surface area contributed by atoms with Gasteiger partial charge in [0.1, 0.15) is 17.2 Å². The number of aliphatic hydroxyl groups excluding tert-OH is 2. The summed E-state index contributed by atoms with van der Waals surface area (Å²) in [6.07, 6.45) is 1.93. The first-order valence-electron chi connectivity index (χ1n) is 18.5. The molecular formula is C46H46N4O5. The summed E-state index contributed by atoms with van der Waals surface area (Å²) >= 11 is 0. The third-order valence-electron chi connectivity index (χ3n) is 11.2. The molecule has 3 aliphatic rings. The van der Waals surface area contributed by atoms with E-state index in [4.69, 9.17) is 14.8 Å².